The molecule has 5 nitrogen and oxygen atoms in total. The predicted octanol–water partition coefficient (Wildman–Crippen LogP) is 2.78. The lowest BCUT2D eigenvalue weighted by Crippen LogP contribution is -2.47. The fraction of sp³-hybridized carbons (Fsp3) is 0.450. The highest BCUT2D eigenvalue weighted by Crippen LogP contribution is 2.19. The summed E-state index contributed by atoms with van der Waals surface area (Å²) in [6.07, 6.45) is 2.81. The maximum absolute atomic E-state index is 5.35. The Morgan fingerprint density at radius 2 is 2.04 bits per heavy atom. The van der Waals surface area contributed by atoms with Crippen molar-refractivity contribution in [1.82, 2.24) is 15.5 Å². The molecule has 134 valence electrons. The maximum Gasteiger partial charge on any atom is 0.191 e. The number of aliphatic imine (C=N–C) groups is 1. The molecule has 5 heteroatoms. The Hall–Kier alpha value is -2.27. The van der Waals surface area contributed by atoms with Crippen LogP contribution in [0.1, 0.15) is 30.7 Å². The fourth-order valence-electron chi connectivity index (χ4n) is 3.17. The minimum atomic E-state index is 0.445. The minimum absolute atomic E-state index is 0.445. The third-order valence-electron chi connectivity index (χ3n) is 4.67. The smallest absolute Gasteiger partial charge is 0.191 e. The van der Waals surface area contributed by atoms with Crippen LogP contribution >= 0.6 is 0 Å². The first-order valence-electron chi connectivity index (χ1n) is 9.11. The molecule has 1 aromatic heterocycles. The number of nitrogens with zero attached hydrogens (tertiary/aromatic N) is 2. The summed E-state index contributed by atoms with van der Waals surface area (Å²) in [4.78, 5) is 7.12. The van der Waals surface area contributed by atoms with Crippen LogP contribution in [0.25, 0.3) is 0 Å². The first-order chi connectivity index (χ1) is 12.3. The van der Waals surface area contributed by atoms with Crippen molar-refractivity contribution in [3.05, 3.63) is 59.5 Å². The summed E-state index contributed by atoms with van der Waals surface area (Å²) in [7, 11) is 0. The van der Waals surface area contributed by atoms with Crippen molar-refractivity contribution in [2.24, 2.45) is 4.99 Å². The lowest BCUT2D eigenvalue weighted by atomic mass is 9.99. The van der Waals surface area contributed by atoms with Gasteiger partial charge in [0.15, 0.2) is 5.96 Å². The van der Waals surface area contributed by atoms with E-state index in [0.717, 1.165) is 44.3 Å². The van der Waals surface area contributed by atoms with E-state index < -0.39 is 0 Å². The van der Waals surface area contributed by atoms with Gasteiger partial charge in [-0.2, -0.15) is 0 Å². The highest BCUT2D eigenvalue weighted by atomic mass is 16.3. The van der Waals surface area contributed by atoms with Crippen LogP contribution in [0.2, 0.25) is 0 Å². The predicted molar refractivity (Wildman–Crippen MR) is 102 cm³/mol. The molecule has 2 aromatic rings. The van der Waals surface area contributed by atoms with Gasteiger partial charge < -0.3 is 15.1 Å². The molecule has 0 fully saturated rings. The van der Waals surface area contributed by atoms with Gasteiger partial charge in [-0.15, -0.1) is 0 Å². The van der Waals surface area contributed by atoms with Crippen molar-refractivity contribution in [2.45, 2.75) is 39.4 Å². The number of rotatable bonds is 6. The van der Waals surface area contributed by atoms with Gasteiger partial charge in [-0.25, -0.2) is 4.99 Å². The van der Waals surface area contributed by atoms with Crippen LogP contribution in [0.15, 0.2) is 52.1 Å². The van der Waals surface area contributed by atoms with Gasteiger partial charge in [0, 0.05) is 32.2 Å². The molecule has 0 saturated carbocycles. The van der Waals surface area contributed by atoms with Crippen molar-refractivity contribution in [3.63, 3.8) is 0 Å². The second kappa shape index (κ2) is 8.72. The number of fused-ring (bicyclic) bond motifs is 1. The lowest BCUT2D eigenvalue weighted by Gasteiger charge is -2.34. The topological polar surface area (TPSA) is 52.8 Å². The number of benzene rings is 1. The number of nitrogens with one attached hydrogen (secondary N) is 2. The van der Waals surface area contributed by atoms with Gasteiger partial charge in [-0.3, -0.25) is 4.90 Å². The molecule has 1 aliphatic heterocycles. The van der Waals surface area contributed by atoms with Crippen molar-refractivity contribution >= 4 is 5.96 Å². The Labute approximate surface area is 150 Å². The molecule has 0 spiro atoms. The number of furan rings is 1. The van der Waals surface area contributed by atoms with E-state index in [1.807, 2.05) is 12.1 Å². The molecular formula is C20H28N4O. The Kier molecular flexibility index (Phi) is 6.12. The SMILES string of the molecule is CCNC(=NCc1ccco1)NCC(C)N1CCc2ccccc2C1. The molecule has 1 aromatic carbocycles. The van der Waals surface area contributed by atoms with Crippen LogP contribution in [0.5, 0.6) is 0 Å². The summed E-state index contributed by atoms with van der Waals surface area (Å²) in [6, 6.07) is 13.0. The van der Waals surface area contributed by atoms with Crippen molar-refractivity contribution in [2.75, 3.05) is 19.6 Å². The van der Waals surface area contributed by atoms with Crippen LogP contribution < -0.4 is 10.6 Å². The van der Waals surface area contributed by atoms with E-state index in [1.54, 1.807) is 6.26 Å². The van der Waals surface area contributed by atoms with E-state index in [9.17, 15) is 0 Å². The maximum atomic E-state index is 5.35. The largest absolute Gasteiger partial charge is 0.467 e. The van der Waals surface area contributed by atoms with Crippen LogP contribution in [0.4, 0.5) is 0 Å². The molecule has 2 heterocycles. The highest BCUT2D eigenvalue weighted by Gasteiger charge is 2.20. The van der Waals surface area contributed by atoms with Crippen LogP contribution in [-0.2, 0) is 19.5 Å². The molecule has 25 heavy (non-hydrogen) atoms. The lowest BCUT2D eigenvalue weighted by molar-refractivity contribution is 0.191. The van der Waals surface area contributed by atoms with Gasteiger partial charge in [0.2, 0.25) is 0 Å². The van der Waals surface area contributed by atoms with Gasteiger partial charge in [-0.05, 0) is 43.5 Å². The molecule has 0 aliphatic carbocycles. The fourth-order valence-corrected chi connectivity index (χ4v) is 3.17. The molecule has 0 radical (unpaired) electrons. The van der Waals surface area contributed by atoms with Crippen molar-refractivity contribution in [3.8, 4) is 0 Å². The number of hydrogen-bond acceptors (Lipinski definition) is 3. The van der Waals surface area contributed by atoms with Crippen LogP contribution in [0, 0.1) is 0 Å². The van der Waals surface area contributed by atoms with E-state index in [2.05, 4.69) is 58.6 Å². The summed E-state index contributed by atoms with van der Waals surface area (Å²) in [5.74, 6) is 1.71. The molecule has 1 atom stereocenters. The highest BCUT2D eigenvalue weighted by molar-refractivity contribution is 5.79. The van der Waals surface area contributed by atoms with E-state index in [0.29, 0.717) is 12.6 Å². The molecule has 3 rings (SSSR count). The zero-order chi connectivity index (χ0) is 17.5. The Bertz CT molecular complexity index is 681. The van der Waals surface area contributed by atoms with Gasteiger partial charge in [0.05, 0.1) is 6.26 Å². The first kappa shape index (κ1) is 17.5. The van der Waals surface area contributed by atoms with Crippen molar-refractivity contribution < 1.29 is 4.42 Å². The standard InChI is InChI=1S/C20H28N4O/c1-3-21-20(23-14-19-9-6-12-25-19)22-13-16(2)24-11-10-17-7-4-5-8-18(17)15-24/h4-9,12,16H,3,10-11,13-15H2,1-2H3,(H2,21,22,23). The van der Waals surface area contributed by atoms with Crippen molar-refractivity contribution in [1.29, 1.82) is 0 Å². The summed E-state index contributed by atoms with van der Waals surface area (Å²) >= 11 is 0. The quantitative estimate of drug-likeness (QED) is 0.627. The molecule has 0 saturated heterocycles. The summed E-state index contributed by atoms with van der Waals surface area (Å²) in [5, 5.41) is 6.76. The molecule has 1 unspecified atom stereocenters. The van der Waals surface area contributed by atoms with E-state index in [4.69, 9.17) is 4.42 Å². The molecule has 1 aliphatic rings. The third kappa shape index (κ3) is 4.86. The first-order valence-corrected chi connectivity index (χ1v) is 9.11. The third-order valence-corrected chi connectivity index (χ3v) is 4.67. The molecule has 0 amide bonds. The molecular weight excluding hydrogens is 312 g/mol. The summed E-state index contributed by atoms with van der Waals surface area (Å²) in [5.41, 5.74) is 2.95. The Morgan fingerprint density at radius 3 is 2.80 bits per heavy atom. The van der Waals surface area contributed by atoms with E-state index in [1.165, 1.54) is 11.1 Å². The average Bonchev–Trinajstić information content (AvgIpc) is 3.17. The zero-order valence-electron chi connectivity index (χ0n) is 15.2. The van der Waals surface area contributed by atoms with E-state index in [-0.39, 0.29) is 0 Å². The summed E-state index contributed by atoms with van der Waals surface area (Å²) < 4.78 is 5.35. The second-order valence-electron chi connectivity index (χ2n) is 6.49. The zero-order valence-corrected chi connectivity index (χ0v) is 15.2. The average molecular weight is 340 g/mol. The summed E-state index contributed by atoms with van der Waals surface area (Å²) in [6.45, 7) is 8.75. The molecule has 0 bridgehead atoms. The number of guanidine groups is 1. The van der Waals surface area contributed by atoms with E-state index >= 15 is 0 Å². The van der Waals surface area contributed by atoms with Gasteiger partial charge in [-0.1, -0.05) is 24.3 Å². The Morgan fingerprint density at radius 1 is 1.20 bits per heavy atom. The number of hydrogen-bond donors (Lipinski definition) is 2. The minimum Gasteiger partial charge on any atom is -0.467 e. The van der Waals surface area contributed by atoms with Gasteiger partial charge in [0.25, 0.3) is 0 Å². The van der Waals surface area contributed by atoms with Gasteiger partial charge in [0.1, 0.15) is 12.3 Å². The normalized spacial score (nSPS) is 16.3. The molecule has 2 N–H and O–H groups in total. The Balaban J connectivity index is 1.53. The monoisotopic (exact) mass is 340 g/mol. The van der Waals surface area contributed by atoms with Crippen LogP contribution in [-0.4, -0.2) is 36.5 Å². The second-order valence-corrected chi connectivity index (χ2v) is 6.49. The van der Waals surface area contributed by atoms with Crippen LogP contribution in [0.3, 0.4) is 0 Å². The van der Waals surface area contributed by atoms with Gasteiger partial charge >= 0.3 is 0 Å².